The molecule has 0 atom stereocenters. The molecule has 0 saturated carbocycles. The molecule has 1 amide bonds. The van der Waals surface area contributed by atoms with Crippen molar-refractivity contribution >= 4 is 34.5 Å². The third-order valence-corrected chi connectivity index (χ3v) is 5.23. The summed E-state index contributed by atoms with van der Waals surface area (Å²) in [5.41, 5.74) is 2.74. The van der Waals surface area contributed by atoms with Crippen LogP contribution in [0.5, 0.6) is 0 Å². The van der Waals surface area contributed by atoms with E-state index in [1.165, 1.54) is 0 Å². The fraction of sp³-hybridized carbons (Fsp3) is 0.300. The van der Waals surface area contributed by atoms with E-state index in [1.807, 2.05) is 35.2 Å². The Morgan fingerprint density at radius 1 is 1.04 bits per heavy atom. The van der Waals surface area contributed by atoms with Crippen LogP contribution in [0.3, 0.4) is 0 Å². The van der Waals surface area contributed by atoms with Gasteiger partial charge in [-0.3, -0.25) is 4.79 Å². The maximum Gasteiger partial charge on any atom is 0.255 e. The van der Waals surface area contributed by atoms with Gasteiger partial charge in [0.1, 0.15) is 0 Å². The second-order valence-electron chi connectivity index (χ2n) is 6.40. The number of aryl methyl sites for hydroxylation is 1. The van der Waals surface area contributed by atoms with Gasteiger partial charge in [-0.1, -0.05) is 35.9 Å². The molecule has 0 bridgehead atoms. The molecule has 0 aliphatic carbocycles. The number of aromatic nitrogens is 2. The Bertz CT molecular complexity index is 944. The molecule has 1 aromatic heterocycles. The van der Waals surface area contributed by atoms with Crippen LogP contribution in [0.25, 0.3) is 11.0 Å². The maximum atomic E-state index is 12.7. The van der Waals surface area contributed by atoms with Crippen molar-refractivity contribution in [2.24, 2.45) is 0 Å². The van der Waals surface area contributed by atoms with E-state index in [9.17, 15) is 4.79 Å². The van der Waals surface area contributed by atoms with Gasteiger partial charge in [-0.25, -0.2) is 4.98 Å². The highest BCUT2D eigenvalue weighted by Crippen LogP contribution is 2.24. The number of halogens is 1. The molecular weight excluding hydrogens is 348 g/mol. The minimum atomic E-state index is -0.000700. The summed E-state index contributed by atoms with van der Waals surface area (Å²) < 4.78 is 2.24. The summed E-state index contributed by atoms with van der Waals surface area (Å²) in [5, 5.41) is 0.507. The molecule has 0 radical (unpaired) electrons. The number of nitrogens with zero attached hydrogens (tertiary/aromatic N) is 4. The van der Waals surface area contributed by atoms with E-state index in [4.69, 9.17) is 16.6 Å². The average Bonchev–Trinajstić information content (AvgIpc) is 3.06. The van der Waals surface area contributed by atoms with Crippen molar-refractivity contribution < 1.29 is 4.79 Å². The smallest absolute Gasteiger partial charge is 0.255 e. The second kappa shape index (κ2) is 7.00. The number of anilines is 1. The van der Waals surface area contributed by atoms with E-state index in [0.717, 1.165) is 36.6 Å². The number of para-hydroxylation sites is 2. The molecule has 2 aromatic carbocycles. The quantitative estimate of drug-likeness (QED) is 0.708. The number of benzene rings is 2. The maximum absolute atomic E-state index is 12.7. The molecular formula is C20H21ClN4O. The summed E-state index contributed by atoms with van der Waals surface area (Å²) in [6.45, 7) is 5.86. The zero-order chi connectivity index (χ0) is 18.1. The summed E-state index contributed by atoms with van der Waals surface area (Å²) in [7, 11) is 0. The molecule has 2 heterocycles. The highest BCUT2D eigenvalue weighted by molar-refractivity contribution is 6.33. The fourth-order valence-corrected chi connectivity index (χ4v) is 3.75. The molecule has 5 nitrogen and oxygen atoms in total. The summed E-state index contributed by atoms with van der Waals surface area (Å²) in [4.78, 5) is 21.7. The molecule has 1 aliphatic rings. The number of carbonyl (C=O) groups excluding carboxylic acids is 1. The Kier molecular flexibility index (Phi) is 4.55. The lowest BCUT2D eigenvalue weighted by atomic mass is 10.2. The molecule has 3 aromatic rings. The number of amides is 1. The number of fused-ring (bicyclic) bond motifs is 1. The van der Waals surface area contributed by atoms with Gasteiger partial charge in [0.25, 0.3) is 5.91 Å². The zero-order valence-corrected chi connectivity index (χ0v) is 15.5. The topological polar surface area (TPSA) is 41.4 Å². The Hall–Kier alpha value is -2.53. The van der Waals surface area contributed by atoms with Gasteiger partial charge in [0.15, 0.2) is 0 Å². The minimum Gasteiger partial charge on any atom is -0.339 e. The SMILES string of the molecule is CCn1c(N2CCN(C(=O)c3ccccc3Cl)CC2)nc2ccccc21. The molecule has 0 N–H and O–H groups in total. The van der Waals surface area contributed by atoms with E-state index in [1.54, 1.807) is 12.1 Å². The molecule has 0 spiro atoms. The largest absolute Gasteiger partial charge is 0.339 e. The number of hydrogen-bond acceptors (Lipinski definition) is 3. The molecule has 26 heavy (non-hydrogen) atoms. The van der Waals surface area contributed by atoms with Gasteiger partial charge in [0.2, 0.25) is 5.95 Å². The van der Waals surface area contributed by atoms with Crippen molar-refractivity contribution in [3.8, 4) is 0 Å². The van der Waals surface area contributed by atoms with E-state index in [0.29, 0.717) is 23.7 Å². The summed E-state index contributed by atoms with van der Waals surface area (Å²) in [6.07, 6.45) is 0. The van der Waals surface area contributed by atoms with Crippen LogP contribution in [0.2, 0.25) is 5.02 Å². The Labute approximate surface area is 157 Å². The first-order valence-corrected chi connectivity index (χ1v) is 9.31. The van der Waals surface area contributed by atoms with Crippen molar-refractivity contribution in [3.63, 3.8) is 0 Å². The van der Waals surface area contributed by atoms with Crippen LogP contribution in [0, 0.1) is 0 Å². The van der Waals surface area contributed by atoms with Crippen molar-refractivity contribution in [2.75, 3.05) is 31.1 Å². The highest BCUT2D eigenvalue weighted by atomic mass is 35.5. The Balaban J connectivity index is 1.52. The van der Waals surface area contributed by atoms with Crippen LogP contribution < -0.4 is 4.90 Å². The number of rotatable bonds is 3. The summed E-state index contributed by atoms with van der Waals surface area (Å²) in [5.74, 6) is 0.984. The van der Waals surface area contributed by atoms with Gasteiger partial charge >= 0.3 is 0 Å². The summed E-state index contributed by atoms with van der Waals surface area (Å²) >= 11 is 6.18. The molecule has 1 saturated heterocycles. The van der Waals surface area contributed by atoms with E-state index in [-0.39, 0.29) is 5.91 Å². The average molecular weight is 369 g/mol. The van der Waals surface area contributed by atoms with E-state index < -0.39 is 0 Å². The summed E-state index contributed by atoms with van der Waals surface area (Å²) in [6, 6.07) is 15.4. The van der Waals surface area contributed by atoms with E-state index >= 15 is 0 Å². The second-order valence-corrected chi connectivity index (χ2v) is 6.81. The van der Waals surface area contributed by atoms with Crippen molar-refractivity contribution in [1.82, 2.24) is 14.5 Å². The van der Waals surface area contributed by atoms with Gasteiger partial charge in [0.05, 0.1) is 21.6 Å². The van der Waals surface area contributed by atoms with Gasteiger partial charge in [-0.2, -0.15) is 0 Å². The van der Waals surface area contributed by atoms with Crippen molar-refractivity contribution in [1.29, 1.82) is 0 Å². The predicted octanol–water partition coefficient (Wildman–Crippen LogP) is 3.67. The van der Waals surface area contributed by atoms with Gasteiger partial charge in [-0.15, -0.1) is 0 Å². The van der Waals surface area contributed by atoms with Crippen molar-refractivity contribution in [3.05, 3.63) is 59.1 Å². The van der Waals surface area contributed by atoms with Crippen LogP contribution in [0.4, 0.5) is 5.95 Å². The van der Waals surface area contributed by atoms with Gasteiger partial charge in [-0.05, 0) is 31.2 Å². The Morgan fingerprint density at radius 2 is 1.73 bits per heavy atom. The van der Waals surface area contributed by atoms with Crippen LogP contribution in [0.15, 0.2) is 48.5 Å². The van der Waals surface area contributed by atoms with Crippen LogP contribution in [0.1, 0.15) is 17.3 Å². The number of imidazole rings is 1. The van der Waals surface area contributed by atoms with Crippen LogP contribution in [-0.2, 0) is 6.54 Å². The number of hydrogen-bond donors (Lipinski definition) is 0. The van der Waals surface area contributed by atoms with Crippen molar-refractivity contribution in [2.45, 2.75) is 13.5 Å². The molecule has 134 valence electrons. The lowest BCUT2D eigenvalue weighted by Crippen LogP contribution is -2.49. The van der Waals surface area contributed by atoms with E-state index in [2.05, 4.69) is 22.5 Å². The molecule has 1 aliphatic heterocycles. The molecule has 4 rings (SSSR count). The number of piperazine rings is 1. The Morgan fingerprint density at radius 3 is 2.46 bits per heavy atom. The fourth-order valence-electron chi connectivity index (χ4n) is 3.53. The first kappa shape index (κ1) is 16.9. The molecule has 6 heteroatoms. The minimum absolute atomic E-state index is 0.000700. The standard InChI is InChI=1S/C20H21ClN4O/c1-2-25-18-10-6-5-9-17(18)22-20(25)24-13-11-23(12-14-24)19(26)15-7-3-4-8-16(15)21/h3-10H,2,11-14H2,1H3. The van der Waals surface area contributed by atoms with Gasteiger partial charge in [0, 0.05) is 32.7 Å². The van der Waals surface area contributed by atoms with Crippen LogP contribution in [-0.4, -0.2) is 46.5 Å². The monoisotopic (exact) mass is 368 g/mol. The third-order valence-electron chi connectivity index (χ3n) is 4.90. The predicted molar refractivity (Wildman–Crippen MR) is 105 cm³/mol. The van der Waals surface area contributed by atoms with Crippen LogP contribution >= 0.6 is 11.6 Å². The highest BCUT2D eigenvalue weighted by Gasteiger charge is 2.26. The lowest BCUT2D eigenvalue weighted by molar-refractivity contribution is 0.0746. The lowest BCUT2D eigenvalue weighted by Gasteiger charge is -2.35. The first-order valence-electron chi connectivity index (χ1n) is 8.93. The normalized spacial score (nSPS) is 14.8. The molecule has 1 fully saturated rings. The molecule has 0 unspecified atom stereocenters. The van der Waals surface area contributed by atoms with Gasteiger partial charge < -0.3 is 14.4 Å². The zero-order valence-electron chi connectivity index (χ0n) is 14.7. The number of carbonyl (C=O) groups is 1. The third kappa shape index (κ3) is 2.92. The first-order chi connectivity index (χ1) is 12.7.